The summed E-state index contributed by atoms with van der Waals surface area (Å²) in [6.07, 6.45) is 0. The van der Waals surface area contributed by atoms with Gasteiger partial charge in [0.05, 0.1) is 5.02 Å². The first-order valence-corrected chi connectivity index (χ1v) is 17.8. The second-order valence-electron chi connectivity index (χ2n) is 9.34. The molecule has 5 aromatic rings. The van der Waals surface area contributed by atoms with Gasteiger partial charge in [-0.15, -0.1) is 0 Å². The summed E-state index contributed by atoms with van der Waals surface area (Å²) in [6.45, 7) is 0. The summed E-state index contributed by atoms with van der Waals surface area (Å²) in [6, 6.07) is 31.5. The molecule has 0 aliphatic heterocycles. The topological polar surface area (TPSA) is 60.4 Å². The van der Waals surface area contributed by atoms with E-state index < -0.39 is 25.9 Å². The molecule has 0 radical (unpaired) electrons. The monoisotopic (exact) mass is 726 g/mol. The summed E-state index contributed by atoms with van der Waals surface area (Å²) >= 11 is 19.6. The van der Waals surface area contributed by atoms with E-state index in [-0.39, 0.29) is 20.5 Å². The van der Waals surface area contributed by atoms with Crippen LogP contribution >= 0.6 is 56.9 Å². The summed E-state index contributed by atoms with van der Waals surface area (Å²) in [7, 11) is -9.61. The van der Waals surface area contributed by atoms with Gasteiger partial charge >= 0.3 is 15.6 Å². The minimum absolute atomic E-state index is 0.168. The van der Waals surface area contributed by atoms with Crippen molar-refractivity contribution in [2.24, 2.45) is 0 Å². The third-order valence-electron chi connectivity index (χ3n) is 6.39. The maximum atomic E-state index is 13.8. The zero-order chi connectivity index (χ0) is 32.4. The van der Waals surface area contributed by atoms with Gasteiger partial charge in [-0.2, -0.15) is 25.2 Å². The molecule has 0 saturated carbocycles. The first-order valence-electron chi connectivity index (χ1n) is 12.8. The molecular weight excluding hydrogens is 708 g/mol. The fraction of sp³-hybridized carbons (Fsp3) is 0.0312. The van der Waals surface area contributed by atoms with E-state index in [1.54, 1.807) is 60.7 Å². The first-order chi connectivity index (χ1) is 21.3. The molecule has 13 heteroatoms. The smallest absolute Gasteiger partial charge is 0.289 e. The highest BCUT2D eigenvalue weighted by atomic mass is 35.5. The average Bonchev–Trinajstić information content (AvgIpc) is 3.01. The first kappa shape index (κ1) is 33.4. The number of hydrogen-bond acceptors (Lipinski definition) is 5. The molecule has 0 saturated heterocycles. The number of carbonyl (C=O) groups is 1. The Bertz CT molecular complexity index is 1890. The Balaban J connectivity index is 1.53. The predicted octanol–water partition coefficient (Wildman–Crippen LogP) is 11.1. The lowest BCUT2D eigenvalue weighted by Crippen LogP contribution is -2.27. The molecule has 0 aliphatic carbocycles. The highest BCUT2D eigenvalue weighted by molar-refractivity contribution is 8.33. The van der Waals surface area contributed by atoms with Crippen LogP contribution in [0, 0.1) is 0 Å². The molecule has 0 bridgehead atoms. The predicted molar refractivity (Wildman–Crippen MR) is 173 cm³/mol. The van der Waals surface area contributed by atoms with E-state index in [0.29, 0.717) is 31.1 Å². The van der Waals surface area contributed by atoms with E-state index in [9.17, 15) is 26.4 Å². The minimum atomic E-state index is -6.08. The number of benzene rings is 5. The number of halogens is 6. The van der Waals surface area contributed by atoms with Crippen LogP contribution in [0.3, 0.4) is 0 Å². The summed E-state index contributed by atoms with van der Waals surface area (Å²) in [5.74, 6) is -0.223. The van der Waals surface area contributed by atoms with Crippen molar-refractivity contribution < 1.29 is 30.0 Å². The number of rotatable bonds is 9. The maximum absolute atomic E-state index is 13.8. The van der Waals surface area contributed by atoms with Crippen molar-refractivity contribution in [3.63, 3.8) is 0 Å². The summed E-state index contributed by atoms with van der Waals surface area (Å²) in [4.78, 5) is 14.9. The molecule has 0 heterocycles. The van der Waals surface area contributed by atoms with Crippen LogP contribution in [0.15, 0.2) is 146 Å². The Kier molecular flexibility index (Phi) is 9.96. The molecule has 45 heavy (non-hydrogen) atoms. The number of hydrogen-bond donors (Lipinski definition) is 0. The Labute approximate surface area is 278 Å². The van der Waals surface area contributed by atoms with Crippen molar-refractivity contribution in [2.75, 3.05) is 0 Å². The van der Waals surface area contributed by atoms with Crippen molar-refractivity contribution in [3.8, 4) is 0 Å². The van der Waals surface area contributed by atoms with Crippen molar-refractivity contribution in [1.82, 2.24) is 0 Å². The van der Waals surface area contributed by atoms with Crippen molar-refractivity contribution in [3.05, 3.63) is 148 Å². The van der Waals surface area contributed by atoms with Gasteiger partial charge in [-0.05, 0) is 120 Å². The van der Waals surface area contributed by atoms with Gasteiger partial charge in [-0.1, -0.05) is 58.7 Å². The Morgan fingerprint density at radius 3 is 1.49 bits per heavy atom. The molecule has 232 valence electrons. The van der Waals surface area contributed by atoms with Gasteiger partial charge in [0.25, 0.3) is 0 Å². The lowest BCUT2D eigenvalue weighted by Gasteiger charge is -2.39. The second kappa shape index (κ2) is 13.4. The van der Waals surface area contributed by atoms with Crippen LogP contribution in [-0.4, -0.2) is 19.7 Å². The van der Waals surface area contributed by atoms with Crippen LogP contribution in [0.1, 0.15) is 15.9 Å². The fourth-order valence-electron chi connectivity index (χ4n) is 4.26. The van der Waals surface area contributed by atoms with Gasteiger partial charge in [0, 0.05) is 45.6 Å². The molecule has 0 N–H and O–H groups in total. The standard InChI is InChI=1S/C32H20Cl3F3O4S3/c33-22-7-15-26(16-8-22)44(27-17-9-23(34)10-18-27,42-45(40,41)32(36,37)38)28-19-13-25(14-20-28)43-24-11-5-21(6-12-24)31(39)29-3-1-2-4-30(29)35/h1-20H. The molecule has 0 unspecified atom stereocenters. The molecule has 0 aliphatic rings. The van der Waals surface area contributed by atoms with Gasteiger partial charge < -0.3 is 0 Å². The molecule has 0 amide bonds. The lowest BCUT2D eigenvalue weighted by molar-refractivity contribution is -0.0496. The number of alkyl halides is 3. The van der Waals surface area contributed by atoms with E-state index in [1.165, 1.54) is 72.4 Å². The quantitative estimate of drug-likeness (QED) is 0.112. The lowest BCUT2D eigenvalue weighted by atomic mass is 10.0. The Morgan fingerprint density at radius 1 is 0.622 bits per heavy atom. The van der Waals surface area contributed by atoms with Crippen LogP contribution in [0.2, 0.25) is 15.1 Å². The molecule has 4 nitrogen and oxygen atoms in total. The van der Waals surface area contributed by atoms with E-state index in [2.05, 4.69) is 0 Å². The number of carbonyl (C=O) groups excluding carboxylic acids is 1. The van der Waals surface area contributed by atoms with Crippen molar-refractivity contribution >= 4 is 72.8 Å². The van der Waals surface area contributed by atoms with E-state index in [4.69, 9.17) is 38.4 Å². The highest BCUT2D eigenvalue weighted by Crippen LogP contribution is 2.70. The zero-order valence-electron chi connectivity index (χ0n) is 22.7. The Hall–Kier alpha value is -2.96. The molecule has 5 rings (SSSR count). The zero-order valence-corrected chi connectivity index (χ0v) is 27.4. The van der Waals surface area contributed by atoms with Crippen LogP contribution in [-0.2, 0) is 13.7 Å². The van der Waals surface area contributed by atoms with Crippen molar-refractivity contribution in [1.29, 1.82) is 0 Å². The molecule has 0 aromatic heterocycles. The second-order valence-corrected chi connectivity index (χ2v) is 16.2. The average molecular weight is 728 g/mol. The Morgan fingerprint density at radius 2 is 1.04 bits per heavy atom. The van der Waals surface area contributed by atoms with Gasteiger partial charge in [-0.25, -0.2) is 0 Å². The van der Waals surface area contributed by atoms with E-state index in [0.717, 1.165) is 4.90 Å². The summed E-state index contributed by atoms with van der Waals surface area (Å²) in [5, 5.41) is 0.949. The largest absolute Gasteiger partial charge is 0.524 e. The third kappa shape index (κ3) is 7.23. The van der Waals surface area contributed by atoms with E-state index in [1.807, 2.05) is 0 Å². The third-order valence-corrected chi connectivity index (χ3v) is 13.1. The minimum Gasteiger partial charge on any atom is -0.289 e. The van der Waals surface area contributed by atoms with Gasteiger partial charge in [-0.3, -0.25) is 4.79 Å². The molecule has 0 fully saturated rings. The van der Waals surface area contributed by atoms with Crippen LogP contribution < -0.4 is 0 Å². The highest BCUT2D eigenvalue weighted by Gasteiger charge is 2.52. The summed E-state index contributed by atoms with van der Waals surface area (Å²) in [5.41, 5.74) is -4.85. The van der Waals surface area contributed by atoms with Crippen LogP contribution in [0.25, 0.3) is 0 Å². The SMILES string of the molecule is O=C(c1ccc(Sc2ccc(S(OS(=O)(=O)C(F)(F)F)(c3ccc(Cl)cc3)c3ccc(Cl)cc3)cc2)cc1)c1ccccc1Cl. The van der Waals surface area contributed by atoms with Crippen LogP contribution in [0.4, 0.5) is 13.2 Å². The molecular formula is C32H20Cl3F3O4S3. The van der Waals surface area contributed by atoms with Crippen LogP contribution in [0.5, 0.6) is 0 Å². The van der Waals surface area contributed by atoms with Gasteiger partial charge in [0.15, 0.2) is 5.78 Å². The molecule has 0 spiro atoms. The van der Waals surface area contributed by atoms with Gasteiger partial charge in [0.2, 0.25) is 0 Å². The molecule has 5 aromatic carbocycles. The summed E-state index contributed by atoms with van der Waals surface area (Å²) < 4.78 is 71.8. The fourth-order valence-corrected chi connectivity index (χ4v) is 10.3. The molecule has 0 atom stereocenters. The van der Waals surface area contributed by atoms with E-state index >= 15 is 0 Å². The normalized spacial score (nSPS) is 12.6. The van der Waals surface area contributed by atoms with Gasteiger partial charge in [0.1, 0.15) is 0 Å². The maximum Gasteiger partial charge on any atom is 0.524 e. The van der Waals surface area contributed by atoms with Crippen molar-refractivity contribution in [2.45, 2.75) is 30.0 Å². The number of ketones is 1.